The van der Waals surface area contributed by atoms with Crippen LogP contribution in [0.2, 0.25) is 0 Å². The third kappa shape index (κ3) is 50.7. The van der Waals surface area contributed by atoms with E-state index in [1.54, 1.807) is 0 Å². The van der Waals surface area contributed by atoms with Gasteiger partial charge in [-0.05, 0) is 64.2 Å². The maximum atomic E-state index is 12.7. The number of rotatable bonds is 47. The molecular formula is C55H99NO8P+. The number of carbonyl (C=O) groups is 2. The minimum atomic E-state index is -4.37. The van der Waals surface area contributed by atoms with Crippen LogP contribution in [0.4, 0.5) is 0 Å². The third-order valence-corrected chi connectivity index (χ3v) is 12.0. The lowest BCUT2D eigenvalue weighted by molar-refractivity contribution is -0.870. The highest BCUT2D eigenvalue weighted by molar-refractivity contribution is 7.47. The molecule has 0 aliphatic heterocycles. The molecular weight excluding hydrogens is 834 g/mol. The third-order valence-electron chi connectivity index (χ3n) is 11.0. The van der Waals surface area contributed by atoms with Crippen LogP contribution in [-0.2, 0) is 32.7 Å². The number of hydrogen-bond donors (Lipinski definition) is 1. The van der Waals surface area contributed by atoms with Crippen molar-refractivity contribution in [2.24, 2.45) is 0 Å². The lowest BCUT2D eigenvalue weighted by Crippen LogP contribution is -2.37. The molecule has 10 heteroatoms. The van der Waals surface area contributed by atoms with Gasteiger partial charge in [0.2, 0.25) is 0 Å². The van der Waals surface area contributed by atoms with Crippen LogP contribution in [0.5, 0.6) is 0 Å². The summed E-state index contributed by atoms with van der Waals surface area (Å²) in [5, 5.41) is 0. The molecule has 0 aliphatic rings. The van der Waals surface area contributed by atoms with Crippen LogP contribution in [0.3, 0.4) is 0 Å². The van der Waals surface area contributed by atoms with Gasteiger partial charge in [-0.1, -0.05) is 209 Å². The standard InChI is InChI=1S/C55H98NO8P/c1-6-8-10-12-14-15-16-17-18-19-20-21-22-23-24-25-26-27-28-29-30-31-32-33-34-35-36-37-38-39-40-41-42-44-46-48-55(58)64-53(51-61-54(57)47-45-43-13-11-9-7-2)52-63-65(59,60)62-50-49-56(3,4)5/h8,10,14-15,17-18,20-21,23-24,26-27,53H,6-7,9,11-13,16,19,22,25,28-52H2,1-5H3/p+1/b10-8-,15-14-,18-17-,21-20-,24-23-,27-26-. The number of likely N-dealkylation sites (N-methyl/N-ethyl adjacent to an activating group) is 1. The number of quaternary nitrogens is 1. The summed E-state index contributed by atoms with van der Waals surface area (Å²) < 4.78 is 34.2. The highest BCUT2D eigenvalue weighted by Crippen LogP contribution is 2.43. The molecule has 0 aliphatic carbocycles. The van der Waals surface area contributed by atoms with Crippen LogP contribution < -0.4 is 0 Å². The number of phosphoric acid groups is 1. The first-order valence-corrected chi connectivity index (χ1v) is 27.7. The van der Waals surface area contributed by atoms with Gasteiger partial charge >= 0.3 is 19.8 Å². The van der Waals surface area contributed by atoms with Crippen LogP contribution in [0, 0.1) is 0 Å². The van der Waals surface area contributed by atoms with Gasteiger partial charge in [-0.3, -0.25) is 18.6 Å². The lowest BCUT2D eigenvalue weighted by Gasteiger charge is -2.24. The summed E-state index contributed by atoms with van der Waals surface area (Å²) in [7, 11) is 1.48. The van der Waals surface area contributed by atoms with E-state index in [1.165, 1.54) is 103 Å². The zero-order chi connectivity index (χ0) is 47.8. The molecule has 0 heterocycles. The van der Waals surface area contributed by atoms with E-state index in [0.29, 0.717) is 17.4 Å². The highest BCUT2D eigenvalue weighted by atomic mass is 31.2. The molecule has 2 unspecified atom stereocenters. The van der Waals surface area contributed by atoms with E-state index in [0.717, 1.165) is 77.0 Å². The fraction of sp³-hybridized carbons (Fsp3) is 0.745. The minimum Gasteiger partial charge on any atom is -0.462 e. The molecule has 376 valence electrons. The monoisotopic (exact) mass is 933 g/mol. The summed E-state index contributed by atoms with van der Waals surface area (Å²) >= 11 is 0. The minimum absolute atomic E-state index is 0.0312. The Balaban J connectivity index is 3.91. The molecule has 0 aromatic carbocycles. The van der Waals surface area contributed by atoms with E-state index in [9.17, 15) is 19.0 Å². The number of carbonyl (C=O) groups excluding carboxylic acids is 2. The Labute approximate surface area is 399 Å². The molecule has 0 saturated carbocycles. The molecule has 0 aromatic rings. The maximum absolute atomic E-state index is 12.7. The van der Waals surface area contributed by atoms with Crippen molar-refractivity contribution >= 4 is 19.8 Å². The van der Waals surface area contributed by atoms with Gasteiger partial charge < -0.3 is 18.9 Å². The molecule has 2 atom stereocenters. The van der Waals surface area contributed by atoms with Crippen LogP contribution in [0.15, 0.2) is 72.9 Å². The van der Waals surface area contributed by atoms with Gasteiger partial charge in [-0.25, -0.2) is 4.57 Å². The molecule has 0 bridgehead atoms. The Morgan fingerprint density at radius 1 is 0.492 bits per heavy atom. The zero-order valence-corrected chi connectivity index (χ0v) is 43.3. The predicted octanol–water partition coefficient (Wildman–Crippen LogP) is 15.8. The highest BCUT2D eigenvalue weighted by Gasteiger charge is 2.27. The van der Waals surface area contributed by atoms with Crippen molar-refractivity contribution in [3.8, 4) is 0 Å². The van der Waals surface area contributed by atoms with Crippen molar-refractivity contribution in [1.82, 2.24) is 0 Å². The average Bonchev–Trinajstić information content (AvgIpc) is 3.26. The molecule has 0 radical (unpaired) electrons. The smallest absolute Gasteiger partial charge is 0.462 e. The summed E-state index contributed by atoms with van der Waals surface area (Å²) in [6, 6.07) is 0. The fourth-order valence-electron chi connectivity index (χ4n) is 6.96. The summed E-state index contributed by atoms with van der Waals surface area (Å²) in [4.78, 5) is 35.2. The van der Waals surface area contributed by atoms with E-state index in [1.807, 2.05) is 21.1 Å². The topological polar surface area (TPSA) is 108 Å². The van der Waals surface area contributed by atoms with Crippen molar-refractivity contribution in [2.75, 3.05) is 47.5 Å². The van der Waals surface area contributed by atoms with Gasteiger partial charge in [0.15, 0.2) is 6.10 Å². The second-order valence-electron chi connectivity index (χ2n) is 18.5. The second kappa shape index (κ2) is 46.6. The SMILES string of the molecule is CC/C=C\C/C=C\C/C=C\C/C=C\C/C=C\C/C=C\CCCCCCCCCCCCCCCCCCC(=O)OC(COC(=O)CCCCCCCC)COP(=O)(O)OCC[N+](C)(C)C. The molecule has 0 aromatic heterocycles. The molecule has 0 amide bonds. The number of ether oxygens (including phenoxy) is 2. The van der Waals surface area contributed by atoms with Gasteiger partial charge in [0, 0.05) is 12.8 Å². The summed E-state index contributed by atoms with van der Waals surface area (Å²) in [5.41, 5.74) is 0. The Morgan fingerprint density at radius 2 is 0.877 bits per heavy atom. The predicted molar refractivity (Wildman–Crippen MR) is 275 cm³/mol. The average molecular weight is 933 g/mol. The van der Waals surface area contributed by atoms with E-state index >= 15 is 0 Å². The van der Waals surface area contributed by atoms with Gasteiger partial charge in [0.1, 0.15) is 19.8 Å². The van der Waals surface area contributed by atoms with Gasteiger partial charge in [0.05, 0.1) is 27.7 Å². The van der Waals surface area contributed by atoms with Crippen LogP contribution in [0.25, 0.3) is 0 Å². The van der Waals surface area contributed by atoms with Gasteiger partial charge in [0.25, 0.3) is 0 Å². The molecule has 1 N–H and O–H groups in total. The summed E-state index contributed by atoms with van der Waals surface area (Å²) in [6.07, 6.45) is 60.2. The molecule has 0 saturated heterocycles. The van der Waals surface area contributed by atoms with Crippen molar-refractivity contribution in [1.29, 1.82) is 0 Å². The molecule has 9 nitrogen and oxygen atoms in total. The Morgan fingerprint density at radius 3 is 1.31 bits per heavy atom. The molecule has 65 heavy (non-hydrogen) atoms. The largest absolute Gasteiger partial charge is 0.472 e. The number of hydrogen-bond acceptors (Lipinski definition) is 7. The molecule has 0 rings (SSSR count). The molecule has 0 fully saturated rings. The van der Waals surface area contributed by atoms with Crippen molar-refractivity contribution in [3.63, 3.8) is 0 Å². The summed E-state index contributed by atoms with van der Waals surface area (Å²) in [6.45, 7) is 4.24. The zero-order valence-electron chi connectivity index (χ0n) is 42.5. The number of unbranched alkanes of at least 4 members (excludes halogenated alkanes) is 21. The fourth-order valence-corrected chi connectivity index (χ4v) is 7.70. The van der Waals surface area contributed by atoms with Crippen molar-refractivity contribution < 1.29 is 42.1 Å². The van der Waals surface area contributed by atoms with E-state index in [2.05, 4.69) is 86.8 Å². The number of phosphoric ester groups is 1. The molecule has 0 spiro atoms. The van der Waals surface area contributed by atoms with Gasteiger partial charge in [-0.2, -0.15) is 0 Å². The first-order chi connectivity index (χ1) is 31.5. The van der Waals surface area contributed by atoms with Crippen LogP contribution >= 0.6 is 7.82 Å². The normalized spacial score (nSPS) is 14.0. The van der Waals surface area contributed by atoms with Crippen molar-refractivity contribution in [3.05, 3.63) is 72.9 Å². The van der Waals surface area contributed by atoms with Gasteiger partial charge in [-0.15, -0.1) is 0 Å². The first-order valence-electron chi connectivity index (χ1n) is 26.2. The Bertz CT molecular complexity index is 1330. The number of nitrogens with zero attached hydrogens (tertiary/aromatic N) is 1. The summed E-state index contributed by atoms with van der Waals surface area (Å²) in [5.74, 6) is -0.806. The number of allylic oxidation sites excluding steroid dienone is 12. The number of esters is 2. The van der Waals surface area contributed by atoms with E-state index < -0.39 is 26.5 Å². The first kappa shape index (κ1) is 62.4. The second-order valence-corrected chi connectivity index (χ2v) is 20.0. The Kier molecular flexibility index (Phi) is 44.7. The Hall–Kier alpha value is -2.55. The van der Waals surface area contributed by atoms with E-state index in [-0.39, 0.29) is 32.0 Å². The van der Waals surface area contributed by atoms with Crippen molar-refractivity contribution in [2.45, 2.75) is 219 Å². The van der Waals surface area contributed by atoms with E-state index in [4.69, 9.17) is 18.5 Å². The maximum Gasteiger partial charge on any atom is 0.472 e. The quantitative estimate of drug-likeness (QED) is 0.0211. The lowest BCUT2D eigenvalue weighted by atomic mass is 10.0. The van der Waals surface area contributed by atoms with Crippen LogP contribution in [-0.4, -0.2) is 74.9 Å². The van der Waals surface area contributed by atoms with Crippen LogP contribution in [0.1, 0.15) is 213 Å².